The van der Waals surface area contributed by atoms with Crippen LogP contribution in [0.1, 0.15) is 62.5 Å². The minimum Gasteiger partial charge on any atom is -0.356 e. The lowest BCUT2D eigenvalue weighted by molar-refractivity contribution is -0.175. The molecule has 0 radical (unpaired) electrons. The maximum atomic E-state index is 13.1. The van der Waals surface area contributed by atoms with Gasteiger partial charge in [0.1, 0.15) is 6.04 Å². The van der Waals surface area contributed by atoms with E-state index in [-0.39, 0.29) is 24.2 Å². The second-order valence-corrected chi connectivity index (χ2v) is 11.7. The van der Waals surface area contributed by atoms with E-state index in [2.05, 4.69) is 31.3 Å². The number of halogens is 5. The molecule has 1 aliphatic carbocycles. The van der Waals surface area contributed by atoms with Crippen molar-refractivity contribution in [2.45, 2.75) is 73.4 Å². The minimum absolute atomic E-state index is 0.00481. The highest BCUT2D eigenvalue weighted by Gasteiger charge is 2.46. The van der Waals surface area contributed by atoms with Crippen LogP contribution in [-0.4, -0.2) is 42.7 Å². The molecule has 36 heavy (non-hydrogen) atoms. The summed E-state index contributed by atoms with van der Waals surface area (Å²) in [5.41, 5.74) is 2.12. The Labute approximate surface area is 225 Å². The van der Waals surface area contributed by atoms with Gasteiger partial charge in [0.2, 0.25) is 5.91 Å². The molecule has 2 fully saturated rings. The van der Waals surface area contributed by atoms with Crippen molar-refractivity contribution in [3.05, 3.63) is 57.6 Å². The molecule has 196 valence electrons. The summed E-state index contributed by atoms with van der Waals surface area (Å²) >= 11 is 14.9. The van der Waals surface area contributed by atoms with E-state index in [9.17, 15) is 18.0 Å². The first-order chi connectivity index (χ1) is 17.1. The fourth-order valence-corrected chi connectivity index (χ4v) is 6.78. The third-order valence-electron chi connectivity index (χ3n) is 7.03. The van der Waals surface area contributed by atoms with E-state index in [1.807, 2.05) is 24.3 Å². The second kappa shape index (κ2) is 11.5. The van der Waals surface area contributed by atoms with Gasteiger partial charge in [-0.05, 0) is 67.3 Å². The average molecular weight is 560 g/mol. The molecule has 1 amide bonds. The Hall–Kier alpha value is -1.41. The van der Waals surface area contributed by atoms with Gasteiger partial charge in [-0.15, -0.1) is 0 Å². The normalized spacial score (nSPS) is 22.3. The smallest absolute Gasteiger partial charge is 0.356 e. The maximum Gasteiger partial charge on any atom is 0.404 e. The summed E-state index contributed by atoms with van der Waals surface area (Å²) in [6, 6.07) is 10.8. The predicted octanol–water partition coefficient (Wildman–Crippen LogP) is 7.90. The first kappa shape index (κ1) is 27.6. The minimum atomic E-state index is -4.19. The van der Waals surface area contributed by atoms with Crippen molar-refractivity contribution in [1.29, 1.82) is 0 Å². The lowest BCUT2D eigenvalue weighted by atomic mass is 10.0. The number of likely N-dealkylation sites (tertiary alicyclic amines) is 1. The molecule has 3 nitrogen and oxygen atoms in total. The van der Waals surface area contributed by atoms with E-state index in [1.54, 1.807) is 11.8 Å². The van der Waals surface area contributed by atoms with Crippen molar-refractivity contribution in [3.8, 4) is 0 Å². The molecule has 1 saturated heterocycles. The molecule has 3 unspecified atom stereocenters. The van der Waals surface area contributed by atoms with Gasteiger partial charge in [0.15, 0.2) is 0 Å². The molecule has 2 aliphatic rings. The number of benzene rings is 2. The summed E-state index contributed by atoms with van der Waals surface area (Å²) in [5, 5.41) is 3.87. The third-order valence-corrected chi connectivity index (χ3v) is 9.19. The number of nitrogens with zero attached hydrogens (tertiary/aromatic N) is 1. The Kier molecular flexibility index (Phi) is 8.86. The number of hydrogen-bond acceptors (Lipinski definition) is 3. The topological polar surface area (TPSA) is 32.3 Å². The number of carbonyl (C=O) groups excluding carboxylic acids is 1. The zero-order chi connectivity index (χ0) is 26.0. The van der Waals surface area contributed by atoms with Gasteiger partial charge < -0.3 is 5.32 Å². The van der Waals surface area contributed by atoms with Gasteiger partial charge >= 0.3 is 6.18 Å². The molecule has 1 saturated carbocycles. The summed E-state index contributed by atoms with van der Waals surface area (Å²) in [4.78, 5) is 16.1. The van der Waals surface area contributed by atoms with Gasteiger partial charge in [0.05, 0.1) is 10.0 Å². The van der Waals surface area contributed by atoms with E-state index in [0.29, 0.717) is 54.9 Å². The van der Waals surface area contributed by atoms with E-state index < -0.39 is 12.2 Å². The molecule has 2 aromatic rings. The van der Waals surface area contributed by atoms with Crippen molar-refractivity contribution in [3.63, 3.8) is 0 Å². The van der Waals surface area contributed by atoms with Gasteiger partial charge in [-0.2, -0.15) is 13.2 Å². The van der Waals surface area contributed by atoms with Crippen molar-refractivity contribution in [2.75, 3.05) is 19.6 Å². The molecule has 1 aliphatic heterocycles. The van der Waals surface area contributed by atoms with Gasteiger partial charge in [-0.25, -0.2) is 0 Å². The van der Waals surface area contributed by atoms with Gasteiger partial charge in [0, 0.05) is 28.8 Å². The zero-order valence-electron chi connectivity index (χ0n) is 20.4. The van der Waals surface area contributed by atoms with Crippen LogP contribution in [0.4, 0.5) is 13.2 Å². The van der Waals surface area contributed by atoms with Crippen LogP contribution in [0, 0.1) is 5.92 Å². The first-order valence-electron chi connectivity index (χ1n) is 12.4. The monoisotopic (exact) mass is 558 g/mol. The van der Waals surface area contributed by atoms with Crippen molar-refractivity contribution in [2.24, 2.45) is 5.92 Å². The lowest BCUT2D eigenvalue weighted by Crippen LogP contribution is -2.42. The Morgan fingerprint density at radius 1 is 1.14 bits per heavy atom. The van der Waals surface area contributed by atoms with Crippen molar-refractivity contribution >= 4 is 40.9 Å². The Morgan fingerprint density at radius 2 is 1.89 bits per heavy atom. The summed E-state index contributed by atoms with van der Waals surface area (Å²) in [7, 11) is 0. The van der Waals surface area contributed by atoms with Crippen molar-refractivity contribution in [1.82, 2.24) is 10.2 Å². The van der Waals surface area contributed by atoms with Crippen molar-refractivity contribution < 1.29 is 18.0 Å². The summed E-state index contributed by atoms with van der Waals surface area (Å²) < 4.78 is 39.2. The Balaban J connectivity index is 1.30. The van der Waals surface area contributed by atoms with Crippen LogP contribution >= 0.6 is 35.0 Å². The molecule has 2 aromatic carbocycles. The maximum absolute atomic E-state index is 13.1. The molecular weight excluding hydrogens is 528 g/mol. The fourth-order valence-electron chi connectivity index (χ4n) is 5.00. The van der Waals surface area contributed by atoms with E-state index in [4.69, 9.17) is 23.2 Å². The largest absolute Gasteiger partial charge is 0.404 e. The SMILES string of the molecule is CC(C)c1ccccc1Sc1ccc(C2CC2C(=O)NCCCN2CCCC2C(F)(F)F)c(Cl)c1Cl. The van der Waals surface area contributed by atoms with Crippen LogP contribution in [0.25, 0.3) is 0 Å². The second-order valence-electron chi connectivity index (χ2n) is 9.90. The molecule has 0 bridgehead atoms. The van der Waals surface area contributed by atoms with Crippen LogP contribution < -0.4 is 5.32 Å². The number of hydrogen-bond donors (Lipinski definition) is 1. The van der Waals surface area contributed by atoms with E-state index in [0.717, 1.165) is 15.4 Å². The number of carbonyl (C=O) groups is 1. The zero-order valence-corrected chi connectivity index (χ0v) is 22.7. The van der Waals surface area contributed by atoms with Crippen LogP contribution in [-0.2, 0) is 4.79 Å². The highest BCUT2D eigenvalue weighted by molar-refractivity contribution is 7.99. The standard InChI is InChI=1S/C27H31Cl2F3N2OS/c1-16(2)17-7-3-4-8-21(17)36-22-11-10-18(24(28)25(22)29)19-15-20(19)26(35)33-12-6-14-34-13-5-9-23(34)27(30,31)32/h3-4,7-8,10-11,16,19-20,23H,5-6,9,12-15H2,1-2H3,(H,33,35). The van der Waals surface area contributed by atoms with Crippen LogP contribution in [0.5, 0.6) is 0 Å². The molecule has 4 rings (SSSR count). The van der Waals surface area contributed by atoms with Gasteiger partial charge in [0.25, 0.3) is 0 Å². The Morgan fingerprint density at radius 3 is 2.61 bits per heavy atom. The van der Waals surface area contributed by atoms with Gasteiger partial charge in [-0.1, -0.05) is 73.1 Å². The van der Waals surface area contributed by atoms with E-state index in [1.165, 1.54) is 10.5 Å². The molecule has 0 aromatic heterocycles. The molecule has 1 heterocycles. The molecule has 1 N–H and O–H groups in total. The highest BCUT2D eigenvalue weighted by Crippen LogP contribution is 2.52. The first-order valence-corrected chi connectivity index (χ1v) is 14.0. The average Bonchev–Trinajstić information content (AvgIpc) is 3.46. The molecule has 0 spiro atoms. The Bertz CT molecular complexity index is 1100. The molecular formula is C27H31Cl2F3N2OS. The number of alkyl halides is 3. The number of amides is 1. The highest BCUT2D eigenvalue weighted by atomic mass is 35.5. The van der Waals surface area contributed by atoms with Crippen LogP contribution in [0.3, 0.4) is 0 Å². The third kappa shape index (κ3) is 6.35. The molecule has 3 atom stereocenters. The van der Waals surface area contributed by atoms with Crippen LogP contribution in [0.15, 0.2) is 46.2 Å². The van der Waals surface area contributed by atoms with E-state index >= 15 is 0 Å². The number of rotatable bonds is 9. The lowest BCUT2D eigenvalue weighted by Gasteiger charge is -2.26. The number of nitrogens with one attached hydrogen (secondary N) is 1. The summed E-state index contributed by atoms with van der Waals surface area (Å²) in [5.74, 6) is 0.123. The van der Waals surface area contributed by atoms with Crippen LogP contribution in [0.2, 0.25) is 10.0 Å². The summed E-state index contributed by atoms with van der Waals surface area (Å²) in [6.07, 6.45) is -2.29. The molecule has 9 heteroatoms. The fraction of sp³-hybridized carbons (Fsp3) is 0.519. The van der Waals surface area contributed by atoms with Gasteiger partial charge in [-0.3, -0.25) is 9.69 Å². The summed E-state index contributed by atoms with van der Waals surface area (Å²) in [6.45, 7) is 5.46. The quantitative estimate of drug-likeness (QED) is 0.317. The predicted molar refractivity (Wildman–Crippen MR) is 140 cm³/mol.